The van der Waals surface area contributed by atoms with E-state index in [-0.39, 0.29) is 6.10 Å². The van der Waals surface area contributed by atoms with Gasteiger partial charge in [0.05, 0.1) is 35.2 Å². The molecule has 0 saturated carbocycles. The van der Waals surface area contributed by atoms with Gasteiger partial charge in [-0.2, -0.15) is 5.10 Å². The molecule has 0 amide bonds. The lowest BCUT2D eigenvalue weighted by molar-refractivity contribution is 0.0348. The van der Waals surface area contributed by atoms with E-state index in [9.17, 15) is 0 Å². The monoisotopic (exact) mass is 257 g/mol. The summed E-state index contributed by atoms with van der Waals surface area (Å²) in [5.41, 5.74) is 1.93. The highest BCUT2D eigenvalue weighted by Crippen LogP contribution is 2.24. The van der Waals surface area contributed by atoms with Gasteiger partial charge in [0.15, 0.2) is 0 Å². The van der Waals surface area contributed by atoms with E-state index in [1.54, 1.807) is 0 Å². The molecular formula is C12H20ClN3O. The minimum absolute atomic E-state index is 0.266. The van der Waals surface area contributed by atoms with Gasteiger partial charge in [-0.25, -0.2) is 0 Å². The second kappa shape index (κ2) is 5.38. The number of nitrogens with one attached hydrogen (secondary N) is 1. The van der Waals surface area contributed by atoms with Crippen molar-refractivity contribution < 1.29 is 4.74 Å². The molecule has 1 aliphatic rings. The Hall–Kier alpha value is -0.580. The molecule has 0 bridgehead atoms. The van der Waals surface area contributed by atoms with E-state index in [4.69, 9.17) is 16.3 Å². The summed E-state index contributed by atoms with van der Waals surface area (Å²) in [4.78, 5) is 0. The van der Waals surface area contributed by atoms with Crippen LogP contribution in [0.2, 0.25) is 5.02 Å². The van der Waals surface area contributed by atoms with Crippen molar-refractivity contribution in [1.29, 1.82) is 0 Å². The van der Waals surface area contributed by atoms with Crippen LogP contribution < -0.4 is 5.32 Å². The van der Waals surface area contributed by atoms with Crippen LogP contribution in [0.4, 0.5) is 0 Å². The highest BCUT2D eigenvalue weighted by atomic mass is 35.5. The molecule has 5 heteroatoms. The average Bonchev–Trinajstić information content (AvgIpc) is 2.82. The van der Waals surface area contributed by atoms with Gasteiger partial charge >= 0.3 is 0 Å². The maximum atomic E-state index is 6.13. The maximum absolute atomic E-state index is 6.13. The molecule has 0 aliphatic carbocycles. The van der Waals surface area contributed by atoms with Crippen molar-refractivity contribution in [3.63, 3.8) is 0 Å². The number of aryl methyl sites for hydroxylation is 1. The summed E-state index contributed by atoms with van der Waals surface area (Å²) >= 11 is 6.13. The minimum atomic E-state index is 0.266. The average molecular weight is 258 g/mol. The second-order valence-corrected chi connectivity index (χ2v) is 5.06. The largest absolute Gasteiger partial charge is 0.372 e. The van der Waals surface area contributed by atoms with Crippen molar-refractivity contribution >= 4 is 11.6 Å². The molecule has 2 atom stereocenters. The Morgan fingerprint density at radius 3 is 2.71 bits per heavy atom. The molecule has 1 N–H and O–H groups in total. The summed E-state index contributed by atoms with van der Waals surface area (Å²) in [6.07, 6.45) is 2.83. The van der Waals surface area contributed by atoms with Crippen LogP contribution in [0.3, 0.4) is 0 Å². The topological polar surface area (TPSA) is 39.1 Å². The number of hydrogen-bond acceptors (Lipinski definition) is 3. The van der Waals surface area contributed by atoms with Crippen LogP contribution in [0.25, 0.3) is 0 Å². The first-order chi connectivity index (χ1) is 8.11. The zero-order valence-corrected chi connectivity index (χ0v) is 11.4. The van der Waals surface area contributed by atoms with Gasteiger partial charge in [-0.3, -0.25) is 4.68 Å². The van der Waals surface area contributed by atoms with Gasteiger partial charge in [-0.1, -0.05) is 11.6 Å². The standard InChI is InChI=1S/C12H20ClN3O/c1-8-12(13)9(2)16(15-8)7-11-5-4-10(17-11)6-14-3/h10-11,14H,4-7H2,1-3H3. The lowest BCUT2D eigenvalue weighted by atomic mass is 10.2. The second-order valence-electron chi connectivity index (χ2n) is 4.68. The Morgan fingerprint density at radius 2 is 2.12 bits per heavy atom. The SMILES string of the molecule is CNCC1CCC(Cn2nc(C)c(Cl)c2C)O1. The summed E-state index contributed by atoms with van der Waals surface area (Å²) < 4.78 is 7.91. The van der Waals surface area contributed by atoms with Gasteiger partial charge in [0, 0.05) is 6.54 Å². The number of likely N-dealkylation sites (N-methyl/N-ethyl adjacent to an activating group) is 1. The molecule has 1 fully saturated rings. The molecule has 1 aliphatic heterocycles. The fourth-order valence-corrected chi connectivity index (χ4v) is 2.47. The Morgan fingerprint density at radius 1 is 1.41 bits per heavy atom. The number of halogens is 1. The first-order valence-corrected chi connectivity index (χ1v) is 6.49. The van der Waals surface area contributed by atoms with Crippen LogP contribution in [0.15, 0.2) is 0 Å². The fourth-order valence-electron chi connectivity index (χ4n) is 2.34. The van der Waals surface area contributed by atoms with Crippen LogP contribution >= 0.6 is 11.6 Å². The van der Waals surface area contributed by atoms with E-state index >= 15 is 0 Å². The number of aromatic nitrogens is 2. The summed E-state index contributed by atoms with van der Waals surface area (Å²) in [6, 6.07) is 0. The van der Waals surface area contributed by atoms with E-state index < -0.39 is 0 Å². The van der Waals surface area contributed by atoms with Crippen molar-refractivity contribution in [3.8, 4) is 0 Å². The summed E-state index contributed by atoms with van der Waals surface area (Å²) in [5, 5.41) is 8.36. The predicted octanol–water partition coefficient (Wildman–Crippen LogP) is 1.92. The van der Waals surface area contributed by atoms with Crippen molar-refractivity contribution in [2.45, 2.75) is 45.4 Å². The van der Waals surface area contributed by atoms with Gasteiger partial charge in [-0.15, -0.1) is 0 Å². The fraction of sp³-hybridized carbons (Fsp3) is 0.750. The molecule has 17 heavy (non-hydrogen) atoms. The Kier molecular flexibility index (Phi) is 4.07. The van der Waals surface area contributed by atoms with Gasteiger partial charge in [0.25, 0.3) is 0 Å². The van der Waals surface area contributed by atoms with Crippen LogP contribution in [-0.2, 0) is 11.3 Å². The van der Waals surface area contributed by atoms with Crippen molar-refractivity contribution in [2.75, 3.05) is 13.6 Å². The molecule has 1 saturated heterocycles. The first-order valence-electron chi connectivity index (χ1n) is 6.11. The Bertz CT molecular complexity index is 391. The van der Waals surface area contributed by atoms with Crippen LogP contribution in [0.1, 0.15) is 24.2 Å². The van der Waals surface area contributed by atoms with E-state index in [1.807, 2.05) is 25.6 Å². The van der Waals surface area contributed by atoms with Gasteiger partial charge in [0.2, 0.25) is 0 Å². The summed E-state index contributed by atoms with van der Waals surface area (Å²) in [7, 11) is 1.96. The minimum Gasteiger partial charge on any atom is -0.372 e. The van der Waals surface area contributed by atoms with Gasteiger partial charge < -0.3 is 10.1 Å². The zero-order chi connectivity index (χ0) is 12.4. The third-order valence-corrected chi connectivity index (χ3v) is 3.84. The van der Waals surface area contributed by atoms with Crippen LogP contribution in [0, 0.1) is 13.8 Å². The van der Waals surface area contributed by atoms with E-state index in [0.29, 0.717) is 6.10 Å². The Labute approximate surface area is 107 Å². The lowest BCUT2D eigenvalue weighted by Gasteiger charge is -2.14. The van der Waals surface area contributed by atoms with E-state index in [1.165, 1.54) is 0 Å². The lowest BCUT2D eigenvalue weighted by Crippen LogP contribution is -2.25. The highest BCUT2D eigenvalue weighted by molar-refractivity contribution is 6.31. The molecule has 2 rings (SSSR count). The molecular weight excluding hydrogens is 238 g/mol. The van der Waals surface area contributed by atoms with Crippen molar-refractivity contribution in [1.82, 2.24) is 15.1 Å². The number of rotatable bonds is 4. The predicted molar refractivity (Wildman–Crippen MR) is 68.5 cm³/mol. The molecule has 1 aromatic rings. The molecule has 2 unspecified atom stereocenters. The number of hydrogen-bond donors (Lipinski definition) is 1. The molecule has 4 nitrogen and oxygen atoms in total. The molecule has 0 spiro atoms. The van der Waals surface area contributed by atoms with Gasteiger partial charge in [-0.05, 0) is 33.7 Å². The molecule has 96 valence electrons. The van der Waals surface area contributed by atoms with Crippen LogP contribution in [-0.4, -0.2) is 35.6 Å². The maximum Gasteiger partial charge on any atom is 0.0844 e. The number of ether oxygens (including phenoxy) is 1. The number of nitrogens with zero attached hydrogens (tertiary/aromatic N) is 2. The molecule has 1 aromatic heterocycles. The van der Waals surface area contributed by atoms with Crippen LogP contribution in [0.5, 0.6) is 0 Å². The third-order valence-electron chi connectivity index (χ3n) is 3.30. The van der Waals surface area contributed by atoms with Gasteiger partial charge in [0.1, 0.15) is 0 Å². The summed E-state index contributed by atoms with van der Waals surface area (Å²) in [5.74, 6) is 0. The quantitative estimate of drug-likeness (QED) is 0.896. The van der Waals surface area contributed by atoms with Crippen molar-refractivity contribution in [2.24, 2.45) is 0 Å². The zero-order valence-electron chi connectivity index (χ0n) is 10.7. The summed E-state index contributed by atoms with van der Waals surface area (Å²) in [6.45, 7) is 5.67. The van der Waals surface area contributed by atoms with E-state index in [0.717, 1.165) is 42.3 Å². The third kappa shape index (κ3) is 2.81. The smallest absolute Gasteiger partial charge is 0.0844 e. The Balaban J connectivity index is 1.96. The molecule has 2 heterocycles. The molecule has 0 aromatic carbocycles. The first kappa shape index (κ1) is 12.9. The molecule has 0 radical (unpaired) electrons. The highest BCUT2D eigenvalue weighted by Gasteiger charge is 2.25. The van der Waals surface area contributed by atoms with E-state index in [2.05, 4.69) is 10.4 Å². The normalized spacial score (nSPS) is 24.5. The van der Waals surface area contributed by atoms with Crippen molar-refractivity contribution in [3.05, 3.63) is 16.4 Å².